The number of hydrogen-bond donors (Lipinski definition) is 1. The molecule has 2 N–H and O–H groups in total. The first kappa shape index (κ1) is 16.0. The van der Waals surface area contributed by atoms with Crippen LogP contribution in [0.4, 0.5) is 5.69 Å². The van der Waals surface area contributed by atoms with Crippen LogP contribution in [0.3, 0.4) is 0 Å². The maximum Gasteiger partial charge on any atom is 0.243 e. The maximum atomic E-state index is 12.7. The summed E-state index contributed by atoms with van der Waals surface area (Å²) in [4.78, 5) is 0.256. The lowest BCUT2D eigenvalue weighted by molar-refractivity contribution is 0.0730. The van der Waals surface area contributed by atoms with Crippen LogP contribution >= 0.6 is 0 Å². The summed E-state index contributed by atoms with van der Waals surface area (Å²) in [6, 6.07) is 10.2. The van der Waals surface area contributed by atoms with Crippen molar-refractivity contribution in [3.63, 3.8) is 0 Å². The molecule has 1 aliphatic heterocycles. The number of ether oxygens (including phenoxy) is 1. The van der Waals surface area contributed by atoms with Gasteiger partial charge in [-0.1, -0.05) is 0 Å². The number of sulfonamides is 1. The Morgan fingerprint density at radius 2 is 1.72 bits per heavy atom. The minimum absolute atomic E-state index is 0.256. The molecule has 1 saturated heterocycles. The number of nitrogen functional groups attached to an aromatic ring is 1. The average Bonchev–Trinajstić information content (AvgIpc) is 3.05. The van der Waals surface area contributed by atoms with Crippen LogP contribution in [0.5, 0.6) is 0 Å². The van der Waals surface area contributed by atoms with E-state index >= 15 is 0 Å². The fourth-order valence-corrected chi connectivity index (χ4v) is 4.22. The van der Waals surface area contributed by atoms with Crippen molar-refractivity contribution in [3.8, 4) is 11.4 Å². The number of hydrogen-bond acceptors (Lipinski definition) is 6. The van der Waals surface area contributed by atoms with E-state index in [4.69, 9.17) is 10.5 Å². The van der Waals surface area contributed by atoms with Gasteiger partial charge in [0.05, 0.1) is 18.1 Å². The zero-order valence-corrected chi connectivity index (χ0v) is 14.2. The first-order chi connectivity index (χ1) is 12.1. The molecule has 130 valence electrons. The Kier molecular flexibility index (Phi) is 3.91. The standard InChI is InChI=1S/C16H17N5O3S/c17-13-3-6-15-18-19-16(21(15)11-13)12-1-4-14(5-2-12)25(22,23)20-7-9-24-10-8-20/h1-6,11H,7-10,17H2. The van der Waals surface area contributed by atoms with Gasteiger partial charge in [0.15, 0.2) is 11.5 Å². The fourth-order valence-electron chi connectivity index (χ4n) is 2.82. The van der Waals surface area contributed by atoms with Gasteiger partial charge in [0.25, 0.3) is 0 Å². The van der Waals surface area contributed by atoms with Crippen LogP contribution in [-0.4, -0.2) is 53.6 Å². The molecule has 1 fully saturated rings. The van der Waals surface area contributed by atoms with Crippen molar-refractivity contribution in [2.75, 3.05) is 32.0 Å². The van der Waals surface area contributed by atoms with Crippen LogP contribution in [-0.2, 0) is 14.8 Å². The molecule has 4 rings (SSSR count). The van der Waals surface area contributed by atoms with Crippen molar-refractivity contribution >= 4 is 21.4 Å². The van der Waals surface area contributed by atoms with Crippen molar-refractivity contribution in [3.05, 3.63) is 42.6 Å². The third-order valence-electron chi connectivity index (χ3n) is 4.15. The van der Waals surface area contributed by atoms with Gasteiger partial charge in [0.1, 0.15) is 0 Å². The molecule has 1 aromatic carbocycles. The highest BCUT2D eigenvalue weighted by molar-refractivity contribution is 7.89. The zero-order chi connectivity index (χ0) is 17.4. The SMILES string of the molecule is Nc1ccc2nnc(-c3ccc(S(=O)(=O)N4CCOCC4)cc3)n2c1. The Balaban J connectivity index is 1.68. The summed E-state index contributed by atoms with van der Waals surface area (Å²) in [5.74, 6) is 0.609. The average molecular weight is 359 g/mol. The molecule has 0 amide bonds. The van der Waals surface area contributed by atoms with E-state index in [9.17, 15) is 8.42 Å². The molecule has 0 unspecified atom stereocenters. The largest absolute Gasteiger partial charge is 0.398 e. The molecule has 0 spiro atoms. The number of aromatic nitrogens is 3. The second-order valence-electron chi connectivity index (χ2n) is 5.76. The van der Waals surface area contributed by atoms with Crippen molar-refractivity contribution in [2.24, 2.45) is 0 Å². The van der Waals surface area contributed by atoms with E-state index in [0.717, 1.165) is 5.56 Å². The molecule has 0 aliphatic carbocycles. The Morgan fingerprint density at radius 1 is 1.00 bits per heavy atom. The third-order valence-corrected chi connectivity index (χ3v) is 6.06. The first-order valence-electron chi connectivity index (χ1n) is 7.84. The van der Waals surface area contributed by atoms with Crippen LogP contribution in [0.2, 0.25) is 0 Å². The number of fused-ring (bicyclic) bond motifs is 1. The number of pyridine rings is 1. The molecule has 3 aromatic rings. The molecular formula is C16H17N5O3S. The van der Waals surface area contributed by atoms with E-state index in [1.54, 1.807) is 47.0 Å². The van der Waals surface area contributed by atoms with Gasteiger partial charge in [-0.2, -0.15) is 4.31 Å². The minimum atomic E-state index is -3.51. The second kappa shape index (κ2) is 6.10. The molecule has 25 heavy (non-hydrogen) atoms. The molecule has 3 heterocycles. The fraction of sp³-hybridized carbons (Fsp3) is 0.250. The van der Waals surface area contributed by atoms with Crippen molar-refractivity contribution in [1.29, 1.82) is 0 Å². The highest BCUT2D eigenvalue weighted by atomic mass is 32.2. The monoisotopic (exact) mass is 359 g/mol. The van der Waals surface area contributed by atoms with Crippen LogP contribution in [0.1, 0.15) is 0 Å². The van der Waals surface area contributed by atoms with Gasteiger partial charge in [0, 0.05) is 30.5 Å². The molecule has 1 aliphatic rings. The Hall–Kier alpha value is -2.49. The highest BCUT2D eigenvalue weighted by Gasteiger charge is 2.26. The van der Waals surface area contributed by atoms with Crippen molar-refractivity contribution in [2.45, 2.75) is 4.90 Å². The van der Waals surface area contributed by atoms with E-state index in [1.807, 2.05) is 0 Å². The van der Waals surface area contributed by atoms with Gasteiger partial charge in [0.2, 0.25) is 10.0 Å². The van der Waals surface area contributed by atoms with Crippen LogP contribution in [0.15, 0.2) is 47.5 Å². The summed E-state index contributed by atoms with van der Waals surface area (Å²) in [5, 5.41) is 8.27. The van der Waals surface area contributed by atoms with Gasteiger partial charge in [-0.25, -0.2) is 8.42 Å². The lowest BCUT2D eigenvalue weighted by Gasteiger charge is -2.26. The maximum absolute atomic E-state index is 12.7. The van der Waals surface area contributed by atoms with Gasteiger partial charge >= 0.3 is 0 Å². The quantitative estimate of drug-likeness (QED) is 0.748. The number of benzene rings is 1. The van der Waals surface area contributed by atoms with Crippen molar-refractivity contribution in [1.82, 2.24) is 18.9 Å². The van der Waals surface area contributed by atoms with E-state index in [2.05, 4.69) is 10.2 Å². The summed E-state index contributed by atoms with van der Waals surface area (Å²) in [6.45, 7) is 1.59. The van der Waals surface area contributed by atoms with Crippen molar-refractivity contribution < 1.29 is 13.2 Å². The minimum Gasteiger partial charge on any atom is -0.398 e. The lowest BCUT2D eigenvalue weighted by atomic mass is 10.2. The van der Waals surface area contributed by atoms with E-state index in [0.29, 0.717) is 43.5 Å². The first-order valence-corrected chi connectivity index (χ1v) is 9.28. The molecule has 0 radical (unpaired) electrons. The third kappa shape index (κ3) is 2.86. The predicted molar refractivity (Wildman–Crippen MR) is 92.4 cm³/mol. The smallest absolute Gasteiger partial charge is 0.243 e. The molecule has 8 nitrogen and oxygen atoms in total. The van der Waals surface area contributed by atoms with Gasteiger partial charge in [-0.3, -0.25) is 4.40 Å². The normalized spacial score (nSPS) is 16.3. The number of nitrogens with zero attached hydrogens (tertiary/aromatic N) is 4. The Morgan fingerprint density at radius 3 is 2.44 bits per heavy atom. The second-order valence-corrected chi connectivity index (χ2v) is 7.69. The molecule has 0 bridgehead atoms. The number of anilines is 1. The van der Waals surface area contributed by atoms with E-state index < -0.39 is 10.0 Å². The van der Waals surface area contributed by atoms with E-state index in [-0.39, 0.29) is 4.90 Å². The van der Waals surface area contributed by atoms with Gasteiger partial charge < -0.3 is 10.5 Å². The highest BCUT2D eigenvalue weighted by Crippen LogP contribution is 2.23. The van der Waals surface area contributed by atoms with E-state index in [1.165, 1.54) is 4.31 Å². The summed E-state index contributed by atoms with van der Waals surface area (Å²) >= 11 is 0. The molecule has 0 saturated carbocycles. The van der Waals surface area contributed by atoms with Gasteiger partial charge in [-0.15, -0.1) is 10.2 Å². The molecule has 0 atom stereocenters. The summed E-state index contributed by atoms with van der Waals surface area (Å²) in [5.41, 5.74) is 7.86. The molecule has 2 aromatic heterocycles. The number of rotatable bonds is 3. The summed E-state index contributed by atoms with van der Waals surface area (Å²) in [7, 11) is -3.51. The Bertz CT molecular complexity index is 1010. The van der Waals surface area contributed by atoms with Crippen LogP contribution in [0, 0.1) is 0 Å². The predicted octanol–water partition coefficient (Wildman–Crippen LogP) is 0.999. The molecular weight excluding hydrogens is 342 g/mol. The lowest BCUT2D eigenvalue weighted by Crippen LogP contribution is -2.40. The Labute approximate surface area is 144 Å². The van der Waals surface area contributed by atoms with Crippen LogP contribution in [0.25, 0.3) is 17.0 Å². The van der Waals surface area contributed by atoms with Crippen LogP contribution < -0.4 is 5.73 Å². The van der Waals surface area contributed by atoms with Gasteiger partial charge in [-0.05, 0) is 36.4 Å². The number of nitrogens with two attached hydrogens (primary N) is 1. The molecule has 9 heteroatoms. The summed E-state index contributed by atoms with van der Waals surface area (Å²) < 4.78 is 33.8. The zero-order valence-electron chi connectivity index (χ0n) is 13.4. The topological polar surface area (TPSA) is 103 Å². The number of morpholine rings is 1. The summed E-state index contributed by atoms with van der Waals surface area (Å²) in [6.07, 6.45) is 1.74.